The van der Waals surface area contributed by atoms with E-state index in [0.29, 0.717) is 10.8 Å². The molecule has 0 amide bonds. The van der Waals surface area contributed by atoms with Crippen molar-refractivity contribution < 1.29 is 0 Å². The van der Waals surface area contributed by atoms with E-state index >= 15 is 0 Å². The Morgan fingerprint density at radius 1 is 1.50 bits per heavy atom. The molecule has 0 fully saturated rings. The standard InChI is InChI=1S/C14H19ClN4S/c1-3-4-17-13(6-11-8-20-9(2)19-11)12-5-10(15)7-18-14(12)16/h5,7-8,13,17H,3-4,6H2,1-2H3,(H2,16,18). The van der Waals surface area contributed by atoms with Gasteiger partial charge in [0.2, 0.25) is 0 Å². The van der Waals surface area contributed by atoms with Gasteiger partial charge in [-0.05, 0) is 26.0 Å². The van der Waals surface area contributed by atoms with Crippen molar-refractivity contribution in [3.8, 4) is 0 Å². The van der Waals surface area contributed by atoms with Gasteiger partial charge in [0.05, 0.1) is 15.7 Å². The molecule has 0 aliphatic heterocycles. The molecule has 0 radical (unpaired) electrons. The molecule has 2 aromatic rings. The molecule has 0 aromatic carbocycles. The lowest BCUT2D eigenvalue weighted by Gasteiger charge is -2.19. The number of rotatable bonds is 6. The number of thiazole rings is 1. The first-order valence-corrected chi connectivity index (χ1v) is 7.91. The van der Waals surface area contributed by atoms with Crippen LogP contribution in [0.15, 0.2) is 17.6 Å². The van der Waals surface area contributed by atoms with E-state index in [1.54, 1.807) is 17.5 Å². The number of hydrogen-bond acceptors (Lipinski definition) is 5. The Hall–Kier alpha value is -1.17. The van der Waals surface area contributed by atoms with Gasteiger partial charge in [0, 0.05) is 29.6 Å². The molecule has 0 aliphatic carbocycles. The van der Waals surface area contributed by atoms with Crippen LogP contribution in [0.3, 0.4) is 0 Å². The third-order valence-corrected chi connectivity index (χ3v) is 4.04. The predicted molar refractivity (Wildman–Crippen MR) is 85.2 cm³/mol. The van der Waals surface area contributed by atoms with Crippen molar-refractivity contribution >= 4 is 28.8 Å². The Morgan fingerprint density at radius 2 is 2.30 bits per heavy atom. The fraction of sp³-hybridized carbons (Fsp3) is 0.429. The Balaban J connectivity index is 2.24. The van der Waals surface area contributed by atoms with E-state index in [9.17, 15) is 0 Å². The molecule has 0 saturated carbocycles. The number of halogens is 1. The molecule has 20 heavy (non-hydrogen) atoms. The highest BCUT2D eigenvalue weighted by atomic mass is 35.5. The quantitative estimate of drug-likeness (QED) is 0.858. The second-order valence-electron chi connectivity index (χ2n) is 4.70. The maximum Gasteiger partial charge on any atom is 0.128 e. The molecule has 0 aliphatic rings. The average Bonchev–Trinajstić information content (AvgIpc) is 2.83. The molecule has 1 atom stereocenters. The maximum absolute atomic E-state index is 6.04. The lowest BCUT2D eigenvalue weighted by atomic mass is 10.0. The van der Waals surface area contributed by atoms with E-state index < -0.39 is 0 Å². The van der Waals surface area contributed by atoms with Crippen molar-refractivity contribution in [3.63, 3.8) is 0 Å². The van der Waals surface area contributed by atoms with Crippen molar-refractivity contribution in [2.24, 2.45) is 0 Å². The van der Waals surface area contributed by atoms with E-state index in [0.717, 1.165) is 35.7 Å². The number of nitrogen functional groups attached to an aromatic ring is 1. The lowest BCUT2D eigenvalue weighted by molar-refractivity contribution is 0.525. The first-order chi connectivity index (χ1) is 9.60. The zero-order valence-electron chi connectivity index (χ0n) is 11.7. The molecular formula is C14H19ClN4S. The summed E-state index contributed by atoms with van der Waals surface area (Å²) in [5.74, 6) is 0.523. The summed E-state index contributed by atoms with van der Waals surface area (Å²) in [7, 11) is 0. The highest BCUT2D eigenvalue weighted by Crippen LogP contribution is 2.25. The van der Waals surface area contributed by atoms with E-state index in [1.807, 2.05) is 13.0 Å². The molecule has 108 valence electrons. The van der Waals surface area contributed by atoms with Gasteiger partial charge in [0.15, 0.2) is 0 Å². The summed E-state index contributed by atoms with van der Waals surface area (Å²) in [5.41, 5.74) is 8.00. The molecule has 1 unspecified atom stereocenters. The van der Waals surface area contributed by atoms with Crippen molar-refractivity contribution in [2.75, 3.05) is 12.3 Å². The number of nitrogens with zero attached hydrogens (tertiary/aromatic N) is 2. The number of anilines is 1. The van der Waals surface area contributed by atoms with Gasteiger partial charge in [-0.2, -0.15) is 0 Å². The van der Waals surface area contributed by atoms with Gasteiger partial charge in [0.1, 0.15) is 5.82 Å². The van der Waals surface area contributed by atoms with Crippen LogP contribution < -0.4 is 11.1 Å². The van der Waals surface area contributed by atoms with E-state index in [1.165, 1.54) is 0 Å². The van der Waals surface area contributed by atoms with Crippen molar-refractivity contribution in [3.05, 3.63) is 38.9 Å². The van der Waals surface area contributed by atoms with Gasteiger partial charge in [-0.3, -0.25) is 0 Å². The van der Waals surface area contributed by atoms with Gasteiger partial charge in [-0.25, -0.2) is 9.97 Å². The van der Waals surface area contributed by atoms with E-state index in [2.05, 4.69) is 27.6 Å². The van der Waals surface area contributed by atoms with Gasteiger partial charge in [0.25, 0.3) is 0 Å². The number of aryl methyl sites for hydroxylation is 1. The normalized spacial score (nSPS) is 12.6. The summed E-state index contributed by atoms with van der Waals surface area (Å²) < 4.78 is 0. The molecule has 2 heterocycles. The zero-order chi connectivity index (χ0) is 14.5. The number of nitrogens with two attached hydrogens (primary N) is 1. The molecule has 0 bridgehead atoms. The largest absolute Gasteiger partial charge is 0.383 e. The SMILES string of the molecule is CCCNC(Cc1csc(C)n1)c1cc(Cl)cnc1N. The Labute approximate surface area is 128 Å². The number of nitrogens with one attached hydrogen (secondary N) is 1. The van der Waals surface area contributed by atoms with Crippen LogP contribution in [0.4, 0.5) is 5.82 Å². The first kappa shape index (κ1) is 15.2. The topological polar surface area (TPSA) is 63.8 Å². The van der Waals surface area contributed by atoms with Crippen LogP contribution in [0, 0.1) is 6.92 Å². The molecule has 2 aromatic heterocycles. The van der Waals surface area contributed by atoms with Crippen molar-refractivity contribution in [2.45, 2.75) is 32.7 Å². The van der Waals surface area contributed by atoms with Crippen LogP contribution in [0.5, 0.6) is 0 Å². The van der Waals surface area contributed by atoms with Gasteiger partial charge in [-0.15, -0.1) is 11.3 Å². The zero-order valence-corrected chi connectivity index (χ0v) is 13.3. The van der Waals surface area contributed by atoms with Crippen LogP contribution in [0.25, 0.3) is 0 Å². The highest BCUT2D eigenvalue weighted by Gasteiger charge is 2.17. The van der Waals surface area contributed by atoms with Crippen LogP contribution >= 0.6 is 22.9 Å². The molecule has 6 heteroatoms. The number of pyridine rings is 1. The average molecular weight is 311 g/mol. The molecule has 2 rings (SSSR count). The summed E-state index contributed by atoms with van der Waals surface area (Å²) in [6, 6.07) is 1.97. The Morgan fingerprint density at radius 3 is 2.95 bits per heavy atom. The van der Waals surface area contributed by atoms with Crippen LogP contribution in [0.2, 0.25) is 5.02 Å². The van der Waals surface area contributed by atoms with Crippen molar-refractivity contribution in [1.29, 1.82) is 0 Å². The van der Waals surface area contributed by atoms with Crippen molar-refractivity contribution in [1.82, 2.24) is 15.3 Å². The molecule has 0 saturated heterocycles. The minimum atomic E-state index is 0.0858. The third kappa shape index (κ3) is 3.91. The lowest BCUT2D eigenvalue weighted by Crippen LogP contribution is -2.25. The van der Waals surface area contributed by atoms with Gasteiger partial charge in [-0.1, -0.05) is 18.5 Å². The summed E-state index contributed by atoms with van der Waals surface area (Å²) in [6.07, 6.45) is 3.42. The van der Waals surface area contributed by atoms with E-state index in [4.69, 9.17) is 17.3 Å². The number of aromatic nitrogens is 2. The summed E-state index contributed by atoms with van der Waals surface area (Å²) in [4.78, 5) is 8.66. The molecule has 4 nitrogen and oxygen atoms in total. The Kier molecular flexibility index (Phi) is 5.34. The maximum atomic E-state index is 6.04. The fourth-order valence-electron chi connectivity index (χ4n) is 2.07. The third-order valence-electron chi connectivity index (χ3n) is 3.01. The molecular weight excluding hydrogens is 292 g/mol. The predicted octanol–water partition coefficient (Wildman–Crippen LogP) is 3.37. The van der Waals surface area contributed by atoms with Crippen LogP contribution in [-0.4, -0.2) is 16.5 Å². The molecule has 3 N–H and O–H groups in total. The monoisotopic (exact) mass is 310 g/mol. The smallest absolute Gasteiger partial charge is 0.128 e. The minimum absolute atomic E-state index is 0.0858. The van der Waals surface area contributed by atoms with Gasteiger partial charge >= 0.3 is 0 Å². The summed E-state index contributed by atoms with van der Waals surface area (Å²) in [6.45, 7) is 5.06. The summed E-state index contributed by atoms with van der Waals surface area (Å²) >= 11 is 7.70. The van der Waals surface area contributed by atoms with Gasteiger partial charge < -0.3 is 11.1 Å². The highest BCUT2D eigenvalue weighted by molar-refractivity contribution is 7.09. The second kappa shape index (κ2) is 7.02. The Bertz CT molecular complexity index is 570. The number of hydrogen-bond donors (Lipinski definition) is 2. The second-order valence-corrected chi connectivity index (χ2v) is 6.20. The fourth-order valence-corrected chi connectivity index (χ4v) is 2.86. The first-order valence-electron chi connectivity index (χ1n) is 6.65. The van der Waals surface area contributed by atoms with Crippen LogP contribution in [0.1, 0.15) is 35.7 Å². The summed E-state index contributed by atoms with van der Waals surface area (Å²) in [5, 5.41) is 7.26. The molecule has 0 spiro atoms. The van der Waals surface area contributed by atoms with E-state index in [-0.39, 0.29) is 6.04 Å². The van der Waals surface area contributed by atoms with Crippen LogP contribution in [-0.2, 0) is 6.42 Å². The minimum Gasteiger partial charge on any atom is -0.383 e.